The van der Waals surface area contributed by atoms with Crippen molar-refractivity contribution in [2.45, 2.75) is 13.3 Å². The second-order valence-corrected chi connectivity index (χ2v) is 5.74. The molecule has 5 heteroatoms. The highest BCUT2D eigenvalue weighted by Gasteiger charge is 2.12. The zero-order chi connectivity index (χ0) is 13.1. The van der Waals surface area contributed by atoms with Crippen LogP contribution in [0.5, 0.6) is 0 Å². The Balaban J connectivity index is 2.21. The summed E-state index contributed by atoms with van der Waals surface area (Å²) in [6, 6.07) is 9.28. The average Bonchev–Trinajstić information content (AvgIpc) is 2.78. The van der Waals surface area contributed by atoms with Crippen molar-refractivity contribution in [3.05, 3.63) is 49.9 Å². The first kappa shape index (κ1) is 13.6. The maximum Gasteiger partial charge on any atom is 0.291 e. The Morgan fingerprint density at radius 3 is 2.78 bits per heavy atom. The van der Waals surface area contributed by atoms with Gasteiger partial charge in [-0.15, -0.1) is 0 Å². The first-order chi connectivity index (χ1) is 8.60. The van der Waals surface area contributed by atoms with Gasteiger partial charge in [-0.2, -0.15) is 0 Å². The largest absolute Gasteiger partial charge is 0.444 e. The topological polar surface area (TPSA) is 42.2 Å². The van der Waals surface area contributed by atoms with Crippen molar-refractivity contribution in [1.82, 2.24) is 0 Å². The van der Waals surface area contributed by atoms with Crippen LogP contribution in [0.15, 0.2) is 39.4 Å². The number of hydrogen-bond acceptors (Lipinski definition) is 2. The molecule has 0 bridgehead atoms. The summed E-state index contributed by atoms with van der Waals surface area (Å²) in [5, 5.41) is 2.86. The third-order valence-corrected chi connectivity index (χ3v) is 3.59. The fourth-order valence-electron chi connectivity index (χ4n) is 1.60. The van der Waals surface area contributed by atoms with Crippen molar-refractivity contribution in [3.63, 3.8) is 0 Å². The van der Waals surface area contributed by atoms with E-state index in [0.717, 1.165) is 21.2 Å². The van der Waals surface area contributed by atoms with Crippen molar-refractivity contribution < 1.29 is 9.21 Å². The fraction of sp³-hybridized carbons (Fsp3) is 0.154. The summed E-state index contributed by atoms with van der Waals surface area (Å²) in [5.74, 6) is 0.0547. The molecule has 3 nitrogen and oxygen atoms in total. The molecule has 1 aromatic carbocycles. The normalized spacial score (nSPS) is 10.4. The number of aryl methyl sites for hydroxylation is 1. The fourth-order valence-corrected chi connectivity index (χ4v) is 2.46. The zero-order valence-electron chi connectivity index (χ0n) is 9.67. The molecule has 0 saturated heterocycles. The molecule has 1 aromatic heterocycles. The van der Waals surface area contributed by atoms with E-state index in [1.807, 2.05) is 12.1 Å². The first-order valence-electron chi connectivity index (χ1n) is 5.45. The van der Waals surface area contributed by atoms with Crippen LogP contribution in [0.4, 0.5) is 5.69 Å². The van der Waals surface area contributed by atoms with Gasteiger partial charge in [0.25, 0.3) is 5.91 Å². The van der Waals surface area contributed by atoms with Crippen molar-refractivity contribution in [2.24, 2.45) is 0 Å². The van der Waals surface area contributed by atoms with Gasteiger partial charge in [0.05, 0.1) is 0 Å². The van der Waals surface area contributed by atoms with Gasteiger partial charge in [-0.25, -0.2) is 0 Å². The lowest BCUT2D eigenvalue weighted by Crippen LogP contribution is -2.12. The van der Waals surface area contributed by atoms with Crippen molar-refractivity contribution in [3.8, 4) is 0 Å². The summed E-state index contributed by atoms with van der Waals surface area (Å²) in [4.78, 5) is 12.0. The molecule has 0 unspecified atom stereocenters. The number of amides is 1. The van der Waals surface area contributed by atoms with Gasteiger partial charge in [0.1, 0.15) is 0 Å². The predicted molar refractivity (Wildman–Crippen MR) is 82.9 cm³/mol. The van der Waals surface area contributed by atoms with Gasteiger partial charge in [-0.3, -0.25) is 4.79 Å². The maximum absolute atomic E-state index is 12.0. The molecule has 0 saturated carbocycles. The first-order valence-corrected chi connectivity index (χ1v) is 7.32. The second-order valence-electron chi connectivity index (χ2n) is 3.71. The number of halogens is 2. The summed E-state index contributed by atoms with van der Waals surface area (Å²) >= 11 is 5.43. The van der Waals surface area contributed by atoms with E-state index in [2.05, 4.69) is 56.8 Å². The van der Waals surface area contributed by atoms with Crippen LogP contribution in [-0.2, 0) is 6.42 Å². The van der Waals surface area contributed by atoms with E-state index in [1.54, 1.807) is 12.1 Å². The van der Waals surface area contributed by atoms with Crippen molar-refractivity contribution >= 4 is 50.1 Å². The van der Waals surface area contributed by atoms with Gasteiger partial charge in [-0.05, 0) is 80.8 Å². The Hall–Kier alpha value is -0.820. The van der Waals surface area contributed by atoms with Crippen LogP contribution in [0, 0.1) is 3.57 Å². The number of furan rings is 1. The lowest BCUT2D eigenvalue weighted by molar-refractivity contribution is 0.0995. The molecular weight excluding hydrogens is 409 g/mol. The molecule has 1 amide bonds. The summed E-state index contributed by atoms with van der Waals surface area (Å²) in [6.45, 7) is 2.06. The van der Waals surface area contributed by atoms with Crippen LogP contribution in [0.3, 0.4) is 0 Å². The summed E-state index contributed by atoms with van der Waals surface area (Å²) in [6.07, 6.45) is 0.869. The van der Waals surface area contributed by atoms with Crippen LogP contribution in [0.25, 0.3) is 0 Å². The molecule has 0 radical (unpaired) electrons. The average molecular weight is 420 g/mol. The Labute approximate surface area is 127 Å². The molecular formula is C13H11BrINO2. The lowest BCUT2D eigenvalue weighted by Gasteiger charge is -2.09. The zero-order valence-corrected chi connectivity index (χ0v) is 13.4. The van der Waals surface area contributed by atoms with Gasteiger partial charge in [0.2, 0.25) is 0 Å². The second kappa shape index (κ2) is 5.88. The lowest BCUT2D eigenvalue weighted by atomic mass is 10.1. The van der Waals surface area contributed by atoms with E-state index in [4.69, 9.17) is 4.42 Å². The van der Waals surface area contributed by atoms with Gasteiger partial charge in [-0.1, -0.05) is 6.92 Å². The monoisotopic (exact) mass is 419 g/mol. The molecule has 0 aliphatic heterocycles. The number of hydrogen-bond donors (Lipinski definition) is 1. The number of benzene rings is 1. The summed E-state index contributed by atoms with van der Waals surface area (Å²) in [7, 11) is 0. The van der Waals surface area contributed by atoms with E-state index in [0.29, 0.717) is 10.4 Å². The molecule has 2 rings (SSSR count). The summed E-state index contributed by atoms with van der Waals surface area (Å²) < 4.78 is 6.92. The number of nitrogens with one attached hydrogen (secondary N) is 1. The molecule has 0 fully saturated rings. The Morgan fingerprint density at radius 1 is 1.39 bits per heavy atom. The van der Waals surface area contributed by atoms with Gasteiger partial charge >= 0.3 is 0 Å². The SMILES string of the molecule is CCc1cc(I)ccc1NC(=O)c1ccc(Br)o1. The molecule has 1 heterocycles. The number of carbonyl (C=O) groups excluding carboxylic acids is 1. The van der Waals surface area contributed by atoms with Crippen LogP contribution < -0.4 is 5.32 Å². The van der Waals surface area contributed by atoms with Crippen LogP contribution in [0.2, 0.25) is 0 Å². The maximum atomic E-state index is 12.0. The Kier molecular flexibility index (Phi) is 4.45. The minimum absolute atomic E-state index is 0.239. The minimum atomic E-state index is -0.239. The molecule has 0 aliphatic carbocycles. The molecule has 2 aromatic rings. The molecule has 0 atom stereocenters. The van der Waals surface area contributed by atoms with Gasteiger partial charge in [0, 0.05) is 9.26 Å². The summed E-state index contributed by atoms with van der Waals surface area (Å²) in [5.41, 5.74) is 1.94. The van der Waals surface area contributed by atoms with Gasteiger partial charge < -0.3 is 9.73 Å². The van der Waals surface area contributed by atoms with Gasteiger partial charge in [0.15, 0.2) is 10.4 Å². The third kappa shape index (κ3) is 3.14. The highest BCUT2D eigenvalue weighted by Crippen LogP contribution is 2.21. The quantitative estimate of drug-likeness (QED) is 0.746. The standard InChI is InChI=1S/C13H11BrINO2/c1-2-8-7-9(15)3-4-10(8)16-13(17)11-5-6-12(14)18-11/h3-7H,2H2,1H3,(H,16,17). The van der Waals surface area contributed by atoms with Crippen molar-refractivity contribution in [2.75, 3.05) is 5.32 Å². The van der Waals surface area contributed by atoms with E-state index in [-0.39, 0.29) is 5.91 Å². The molecule has 94 valence electrons. The molecule has 0 spiro atoms. The molecule has 18 heavy (non-hydrogen) atoms. The molecule has 0 aliphatic rings. The number of anilines is 1. The van der Waals surface area contributed by atoms with Crippen molar-refractivity contribution in [1.29, 1.82) is 0 Å². The van der Waals surface area contributed by atoms with E-state index in [9.17, 15) is 4.79 Å². The number of carbonyl (C=O) groups is 1. The smallest absolute Gasteiger partial charge is 0.291 e. The van der Waals surface area contributed by atoms with Crippen LogP contribution >= 0.6 is 38.5 Å². The minimum Gasteiger partial charge on any atom is -0.444 e. The van der Waals surface area contributed by atoms with Crippen LogP contribution in [-0.4, -0.2) is 5.91 Å². The van der Waals surface area contributed by atoms with E-state index < -0.39 is 0 Å². The highest BCUT2D eigenvalue weighted by molar-refractivity contribution is 14.1. The number of rotatable bonds is 3. The van der Waals surface area contributed by atoms with E-state index >= 15 is 0 Å². The van der Waals surface area contributed by atoms with E-state index in [1.165, 1.54) is 0 Å². The third-order valence-electron chi connectivity index (χ3n) is 2.49. The molecule has 1 N–H and O–H groups in total. The Bertz CT molecular complexity index is 580. The highest BCUT2D eigenvalue weighted by atomic mass is 127. The van der Waals surface area contributed by atoms with Crippen LogP contribution in [0.1, 0.15) is 23.0 Å². The predicted octanol–water partition coefficient (Wildman–Crippen LogP) is 4.46. The Morgan fingerprint density at radius 2 is 2.17 bits per heavy atom.